The van der Waals surface area contributed by atoms with E-state index in [-0.39, 0.29) is 47.1 Å². The van der Waals surface area contributed by atoms with Crippen LogP contribution in [0.3, 0.4) is 0 Å². The summed E-state index contributed by atoms with van der Waals surface area (Å²) in [5, 5.41) is 25.6. The molecule has 4 aliphatic rings. The summed E-state index contributed by atoms with van der Waals surface area (Å²) >= 11 is 0. The zero-order chi connectivity index (χ0) is 28.3. The largest absolute Gasteiger partial charge is 0.393 e. The minimum Gasteiger partial charge on any atom is -0.393 e. The summed E-state index contributed by atoms with van der Waals surface area (Å²) in [4.78, 5) is 12.6. The molecular formula is C30H53NO6S. The molecule has 12 atom stereocenters. The van der Waals surface area contributed by atoms with Gasteiger partial charge in [-0.3, -0.25) is 9.35 Å². The number of carbonyl (C=O) groups is 1. The Morgan fingerprint density at radius 3 is 2.26 bits per heavy atom. The molecule has 0 aliphatic heterocycles. The number of hydrogen-bond donors (Lipinski definition) is 4. The zero-order valence-electron chi connectivity index (χ0n) is 24.4. The monoisotopic (exact) mass is 555 g/mol. The van der Waals surface area contributed by atoms with Gasteiger partial charge in [-0.15, -0.1) is 0 Å². The van der Waals surface area contributed by atoms with E-state index < -0.39 is 21.5 Å². The van der Waals surface area contributed by atoms with Crippen LogP contribution in [0.5, 0.6) is 0 Å². The van der Waals surface area contributed by atoms with E-state index in [1.807, 2.05) is 6.92 Å². The van der Waals surface area contributed by atoms with Crippen LogP contribution in [-0.4, -0.2) is 53.1 Å². The molecule has 220 valence electrons. The van der Waals surface area contributed by atoms with Crippen LogP contribution in [0, 0.1) is 58.2 Å². The van der Waals surface area contributed by atoms with Crippen LogP contribution < -0.4 is 5.32 Å². The van der Waals surface area contributed by atoms with E-state index in [1.165, 1.54) is 0 Å². The van der Waals surface area contributed by atoms with Crippen molar-refractivity contribution < 1.29 is 28.0 Å². The maximum absolute atomic E-state index is 12.6. The first kappa shape index (κ1) is 30.3. The van der Waals surface area contributed by atoms with Gasteiger partial charge in [0, 0.05) is 12.5 Å². The first-order chi connectivity index (χ1) is 17.6. The number of rotatable bonds is 8. The van der Waals surface area contributed by atoms with E-state index in [0.29, 0.717) is 29.6 Å². The first-order valence-corrected chi connectivity index (χ1v) is 16.8. The van der Waals surface area contributed by atoms with Gasteiger partial charge in [0.05, 0.1) is 17.5 Å². The quantitative estimate of drug-likeness (QED) is 0.323. The zero-order valence-corrected chi connectivity index (χ0v) is 25.3. The topological polar surface area (TPSA) is 124 Å². The third-order valence-electron chi connectivity index (χ3n) is 12.5. The summed E-state index contributed by atoms with van der Waals surface area (Å²) in [7, 11) is -4.09. The average molecular weight is 556 g/mol. The number of fused-ring (bicyclic) bond motifs is 5. The fraction of sp³-hybridized carbons (Fsp3) is 0.967. The highest BCUT2D eigenvalue weighted by Gasteiger charge is 2.68. The lowest BCUT2D eigenvalue weighted by atomic mass is 9.38. The van der Waals surface area contributed by atoms with E-state index in [2.05, 4.69) is 39.9 Å². The van der Waals surface area contributed by atoms with Gasteiger partial charge in [0.2, 0.25) is 5.91 Å². The van der Waals surface area contributed by atoms with Crippen molar-refractivity contribution in [3.8, 4) is 0 Å². The highest BCUT2D eigenvalue weighted by Crippen LogP contribution is 2.71. The summed E-state index contributed by atoms with van der Waals surface area (Å²) in [6.45, 7) is 13.3. The predicted molar refractivity (Wildman–Crippen MR) is 149 cm³/mol. The Morgan fingerprint density at radius 2 is 1.63 bits per heavy atom. The van der Waals surface area contributed by atoms with Crippen molar-refractivity contribution in [1.82, 2.24) is 5.32 Å². The molecule has 38 heavy (non-hydrogen) atoms. The molecule has 0 bridgehead atoms. The van der Waals surface area contributed by atoms with Crippen molar-refractivity contribution in [2.75, 3.05) is 12.3 Å². The fourth-order valence-electron chi connectivity index (χ4n) is 10.8. The average Bonchev–Trinajstić information content (AvgIpc) is 3.16. The maximum Gasteiger partial charge on any atom is 0.266 e. The third kappa shape index (κ3) is 5.21. The van der Waals surface area contributed by atoms with Crippen molar-refractivity contribution in [3.05, 3.63) is 0 Å². The van der Waals surface area contributed by atoms with Gasteiger partial charge in [-0.25, -0.2) is 0 Å². The number of carbonyl (C=O) groups excluding carboxylic acids is 1. The molecular weight excluding hydrogens is 502 g/mol. The van der Waals surface area contributed by atoms with Crippen molar-refractivity contribution in [2.24, 2.45) is 58.2 Å². The van der Waals surface area contributed by atoms with Crippen molar-refractivity contribution in [3.63, 3.8) is 0 Å². The Balaban J connectivity index is 1.51. The number of nitrogens with one attached hydrogen (secondary N) is 1. The molecule has 0 saturated heterocycles. The molecule has 0 aromatic rings. The fourth-order valence-corrected chi connectivity index (χ4v) is 11.1. The van der Waals surface area contributed by atoms with E-state index >= 15 is 0 Å². The standard InChI is InChI=1S/C30H53NO6S/c1-7-21-25-17-20(32)10-12-29(25,5)24-11-13-28(4)22(8-9-23(28)26(24)30(21,6)34)18(2)16-19(3)27(33)31-14-15-38(35,36)37/h18-26,32,34H,7-17H2,1-6H3,(H,31,33)(H,35,36,37)/t18-,19?,20+,21+,22+,23?,24?,25-,26?,28+,29+,30+/m0/s1. The molecule has 4 rings (SSSR count). The molecule has 0 aromatic heterocycles. The highest BCUT2D eigenvalue weighted by molar-refractivity contribution is 7.85. The van der Waals surface area contributed by atoms with E-state index in [9.17, 15) is 23.4 Å². The Morgan fingerprint density at radius 1 is 1.00 bits per heavy atom. The van der Waals surface area contributed by atoms with Gasteiger partial charge in [0.1, 0.15) is 0 Å². The Bertz CT molecular complexity index is 983. The van der Waals surface area contributed by atoms with Crippen LogP contribution in [0.15, 0.2) is 0 Å². The summed E-state index contributed by atoms with van der Waals surface area (Å²) in [5.41, 5.74) is -0.445. The van der Waals surface area contributed by atoms with Crippen molar-refractivity contribution >= 4 is 16.0 Å². The van der Waals surface area contributed by atoms with Gasteiger partial charge in [-0.1, -0.05) is 41.0 Å². The summed E-state index contributed by atoms with van der Waals surface area (Å²) < 4.78 is 30.9. The van der Waals surface area contributed by atoms with Gasteiger partial charge in [0.15, 0.2) is 0 Å². The summed E-state index contributed by atoms with van der Waals surface area (Å²) in [5.74, 6) is 1.73. The van der Waals surface area contributed by atoms with Gasteiger partial charge < -0.3 is 15.5 Å². The van der Waals surface area contributed by atoms with Crippen molar-refractivity contribution in [2.45, 2.75) is 111 Å². The molecule has 1 amide bonds. The second-order valence-electron chi connectivity index (χ2n) is 14.4. The second kappa shape index (κ2) is 10.6. The number of aliphatic hydroxyl groups is 2. The van der Waals surface area contributed by atoms with Crippen LogP contribution in [-0.2, 0) is 14.9 Å². The number of hydrogen-bond acceptors (Lipinski definition) is 5. The molecule has 4 N–H and O–H groups in total. The molecule has 0 aromatic carbocycles. The minimum atomic E-state index is -4.09. The molecule has 0 spiro atoms. The molecule has 8 heteroatoms. The normalized spacial score (nSPS) is 46.4. The Kier molecular flexibility index (Phi) is 8.45. The van der Waals surface area contributed by atoms with Gasteiger partial charge in [-0.05, 0) is 111 Å². The van der Waals surface area contributed by atoms with Crippen LogP contribution in [0.4, 0.5) is 0 Å². The molecule has 0 radical (unpaired) electrons. The lowest BCUT2D eigenvalue weighted by molar-refractivity contribution is -0.245. The van der Waals surface area contributed by atoms with Crippen LogP contribution in [0.25, 0.3) is 0 Å². The molecule has 7 nitrogen and oxygen atoms in total. The highest BCUT2D eigenvalue weighted by atomic mass is 32.2. The van der Waals surface area contributed by atoms with E-state index in [0.717, 1.165) is 57.8 Å². The minimum absolute atomic E-state index is 0.0762. The SMILES string of the molecule is CC[C@@H]1[C@@H]2C[C@H](O)CC[C@]2(C)C2CC[C@@]3(C)C(CC[C@@H]3[C@@H](C)CC(C)C(=O)NCCS(=O)(=O)O)C2[C@]1(C)O. The van der Waals surface area contributed by atoms with Crippen LogP contribution >= 0.6 is 0 Å². The van der Waals surface area contributed by atoms with Gasteiger partial charge in [0.25, 0.3) is 10.1 Å². The van der Waals surface area contributed by atoms with Crippen LogP contribution in [0.2, 0.25) is 0 Å². The molecule has 4 fully saturated rings. The Hall–Kier alpha value is -0.700. The predicted octanol–water partition coefficient (Wildman–Crippen LogP) is 4.67. The Labute approximate surface area is 230 Å². The number of aliphatic hydroxyl groups excluding tert-OH is 1. The molecule has 4 unspecified atom stereocenters. The van der Waals surface area contributed by atoms with E-state index in [1.54, 1.807) is 0 Å². The summed E-state index contributed by atoms with van der Waals surface area (Å²) in [6.07, 6.45) is 8.71. The number of amides is 1. The molecule has 0 heterocycles. The van der Waals surface area contributed by atoms with Crippen molar-refractivity contribution in [1.29, 1.82) is 0 Å². The third-order valence-corrected chi connectivity index (χ3v) is 13.2. The maximum atomic E-state index is 12.6. The second-order valence-corrected chi connectivity index (χ2v) is 16.0. The first-order valence-electron chi connectivity index (χ1n) is 15.2. The lowest BCUT2D eigenvalue weighted by Crippen LogP contribution is -2.66. The van der Waals surface area contributed by atoms with Gasteiger partial charge >= 0.3 is 0 Å². The van der Waals surface area contributed by atoms with Gasteiger partial charge in [-0.2, -0.15) is 8.42 Å². The van der Waals surface area contributed by atoms with Crippen LogP contribution in [0.1, 0.15) is 99.3 Å². The lowest BCUT2D eigenvalue weighted by Gasteiger charge is -2.68. The molecule has 4 aliphatic carbocycles. The van der Waals surface area contributed by atoms with E-state index in [4.69, 9.17) is 4.55 Å². The smallest absolute Gasteiger partial charge is 0.266 e. The summed E-state index contributed by atoms with van der Waals surface area (Å²) in [6, 6.07) is 0. The molecule has 4 saturated carbocycles.